The first-order valence-electron chi connectivity index (χ1n) is 9.77. The van der Waals surface area contributed by atoms with E-state index < -0.39 is 11.5 Å². The van der Waals surface area contributed by atoms with Gasteiger partial charge in [0.1, 0.15) is 5.82 Å². The molecule has 0 saturated heterocycles. The third-order valence-corrected chi connectivity index (χ3v) is 5.45. The van der Waals surface area contributed by atoms with Crippen LogP contribution in [-0.4, -0.2) is 28.8 Å². The van der Waals surface area contributed by atoms with E-state index in [1.165, 1.54) is 30.0 Å². The highest BCUT2D eigenvalue weighted by atomic mass is 19.1. The molecule has 0 bridgehead atoms. The quantitative estimate of drug-likeness (QED) is 0.665. The molecule has 7 heteroatoms. The number of halogens is 1. The van der Waals surface area contributed by atoms with Crippen molar-refractivity contribution in [3.8, 4) is 11.4 Å². The minimum Gasteiger partial charge on any atom is -0.494 e. The normalized spacial score (nSPS) is 15.6. The Hall–Kier alpha value is -3.48. The molecule has 0 spiro atoms. The van der Waals surface area contributed by atoms with E-state index in [0.717, 1.165) is 11.1 Å². The number of aromatic nitrogens is 2. The number of fused-ring (bicyclic) bond motifs is 1. The molecule has 1 unspecified atom stereocenters. The zero-order chi connectivity index (χ0) is 21.4. The zero-order valence-electron chi connectivity index (χ0n) is 17.1. The summed E-state index contributed by atoms with van der Waals surface area (Å²) in [4.78, 5) is 27.9. The van der Waals surface area contributed by atoms with Gasteiger partial charge in [-0.25, -0.2) is 4.39 Å². The summed E-state index contributed by atoms with van der Waals surface area (Å²) in [5, 5.41) is 4.39. The number of carbonyl (C=O) groups excluding carboxylic acids is 1. The molecule has 0 fully saturated rings. The number of rotatable bonds is 3. The van der Waals surface area contributed by atoms with Crippen molar-refractivity contribution < 1.29 is 13.9 Å². The second-order valence-corrected chi connectivity index (χ2v) is 7.43. The Morgan fingerprint density at radius 2 is 1.93 bits per heavy atom. The van der Waals surface area contributed by atoms with E-state index in [2.05, 4.69) is 5.10 Å². The number of aryl methyl sites for hydroxylation is 2. The first-order chi connectivity index (χ1) is 14.4. The average molecular weight is 407 g/mol. The van der Waals surface area contributed by atoms with E-state index in [1.54, 1.807) is 23.1 Å². The Bertz CT molecular complexity index is 1190. The third kappa shape index (κ3) is 3.36. The summed E-state index contributed by atoms with van der Waals surface area (Å²) in [6, 6.07) is 12.9. The van der Waals surface area contributed by atoms with E-state index in [-0.39, 0.29) is 23.3 Å². The molecule has 1 aliphatic rings. The summed E-state index contributed by atoms with van der Waals surface area (Å²) in [6.07, 6.45) is 1.38. The van der Waals surface area contributed by atoms with Crippen LogP contribution < -0.4 is 15.2 Å². The number of para-hydroxylation sites is 1. The van der Waals surface area contributed by atoms with Crippen molar-refractivity contribution in [1.82, 2.24) is 9.78 Å². The lowest BCUT2D eigenvalue weighted by molar-refractivity contribution is 0.0965. The van der Waals surface area contributed by atoms with Gasteiger partial charge in [-0.05, 0) is 62.1 Å². The number of methoxy groups -OCH3 is 1. The molecule has 6 nitrogen and oxygen atoms in total. The monoisotopic (exact) mass is 407 g/mol. The second-order valence-electron chi connectivity index (χ2n) is 7.43. The summed E-state index contributed by atoms with van der Waals surface area (Å²) < 4.78 is 20.2. The van der Waals surface area contributed by atoms with E-state index in [9.17, 15) is 14.0 Å². The molecule has 154 valence electrons. The van der Waals surface area contributed by atoms with E-state index in [1.807, 2.05) is 26.0 Å². The van der Waals surface area contributed by atoms with Crippen molar-refractivity contribution in [3.63, 3.8) is 0 Å². The van der Waals surface area contributed by atoms with Crippen LogP contribution in [0.15, 0.2) is 53.3 Å². The van der Waals surface area contributed by atoms with Crippen LogP contribution in [0.3, 0.4) is 0 Å². The molecule has 2 heterocycles. The summed E-state index contributed by atoms with van der Waals surface area (Å²) >= 11 is 0. The SMILES string of the molecule is COc1cc(=O)n(-c2ccccc2C)nc1C(=O)N1c2ccc(F)cc2CCC1C. The van der Waals surface area contributed by atoms with Crippen molar-refractivity contribution in [3.05, 3.63) is 81.5 Å². The van der Waals surface area contributed by atoms with Crippen LogP contribution >= 0.6 is 0 Å². The summed E-state index contributed by atoms with van der Waals surface area (Å²) in [5.41, 5.74) is 2.50. The summed E-state index contributed by atoms with van der Waals surface area (Å²) in [7, 11) is 1.40. The van der Waals surface area contributed by atoms with Gasteiger partial charge in [-0.15, -0.1) is 0 Å². The fraction of sp³-hybridized carbons (Fsp3) is 0.261. The van der Waals surface area contributed by atoms with Gasteiger partial charge in [-0.3, -0.25) is 9.59 Å². The zero-order valence-corrected chi connectivity index (χ0v) is 17.1. The fourth-order valence-electron chi connectivity index (χ4n) is 3.86. The van der Waals surface area contributed by atoms with Gasteiger partial charge < -0.3 is 9.64 Å². The average Bonchev–Trinajstić information content (AvgIpc) is 2.73. The summed E-state index contributed by atoms with van der Waals surface area (Å²) in [5.74, 6) is -0.620. The predicted octanol–water partition coefficient (Wildman–Crippen LogP) is 3.67. The number of ether oxygens (including phenoxy) is 1. The van der Waals surface area contributed by atoms with Crippen LogP contribution in [-0.2, 0) is 6.42 Å². The molecule has 4 rings (SSSR count). The topological polar surface area (TPSA) is 64.4 Å². The van der Waals surface area contributed by atoms with E-state index in [0.29, 0.717) is 24.2 Å². The highest BCUT2D eigenvalue weighted by molar-refractivity contribution is 6.07. The lowest BCUT2D eigenvalue weighted by Gasteiger charge is -2.35. The maximum absolute atomic E-state index is 13.7. The van der Waals surface area contributed by atoms with Gasteiger partial charge in [-0.2, -0.15) is 9.78 Å². The molecule has 0 N–H and O–H groups in total. The maximum Gasteiger partial charge on any atom is 0.282 e. The molecule has 0 radical (unpaired) electrons. The molecule has 1 atom stereocenters. The molecule has 1 amide bonds. The van der Waals surface area contributed by atoms with Crippen LogP contribution in [0.4, 0.5) is 10.1 Å². The molecule has 1 aliphatic heterocycles. The molecule has 30 heavy (non-hydrogen) atoms. The van der Waals surface area contributed by atoms with Crippen molar-refractivity contribution in [1.29, 1.82) is 0 Å². The Kier molecular flexibility index (Phi) is 5.11. The number of carbonyl (C=O) groups is 1. The lowest BCUT2D eigenvalue weighted by Crippen LogP contribution is -2.43. The lowest BCUT2D eigenvalue weighted by atomic mass is 9.96. The van der Waals surface area contributed by atoms with Crippen molar-refractivity contribution in [2.75, 3.05) is 12.0 Å². The molecule has 0 saturated carbocycles. The number of anilines is 1. The minimum atomic E-state index is -0.396. The fourth-order valence-corrected chi connectivity index (χ4v) is 3.86. The van der Waals surface area contributed by atoms with Crippen LogP contribution in [0.2, 0.25) is 0 Å². The highest BCUT2D eigenvalue weighted by Crippen LogP contribution is 2.33. The van der Waals surface area contributed by atoms with Crippen LogP contribution in [0.25, 0.3) is 5.69 Å². The van der Waals surface area contributed by atoms with Gasteiger partial charge >= 0.3 is 0 Å². The second kappa shape index (κ2) is 7.74. The molecular weight excluding hydrogens is 385 g/mol. The maximum atomic E-state index is 13.7. The first-order valence-corrected chi connectivity index (χ1v) is 9.77. The van der Waals surface area contributed by atoms with Crippen molar-refractivity contribution in [2.24, 2.45) is 0 Å². The number of amides is 1. The number of benzene rings is 2. The number of hydrogen-bond donors (Lipinski definition) is 0. The van der Waals surface area contributed by atoms with Crippen LogP contribution in [0, 0.1) is 12.7 Å². The van der Waals surface area contributed by atoms with Crippen molar-refractivity contribution in [2.45, 2.75) is 32.7 Å². The van der Waals surface area contributed by atoms with E-state index >= 15 is 0 Å². The molecule has 2 aromatic carbocycles. The van der Waals surface area contributed by atoms with Crippen molar-refractivity contribution >= 4 is 11.6 Å². The van der Waals surface area contributed by atoms with Crippen LogP contribution in [0.1, 0.15) is 35.0 Å². The Balaban J connectivity index is 1.86. The van der Waals surface area contributed by atoms with Gasteiger partial charge in [0.2, 0.25) is 0 Å². The molecule has 3 aromatic rings. The molecule has 0 aliphatic carbocycles. The van der Waals surface area contributed by atoms with Gasteiger partial charge in [0.05, 0.1) is 18.9 Å². The van der Waals surface area contributed by atoms with Gasteiger partial charge in [0.15, 0.2) is 11.4 Å². The Morgan fingerprint density at radius 3 is 2.67 bits per heavy atom. The largest absolute Gasteiger partial charge is 0.494 e. The smallest absolute Gasteiger partial charge is 0.282 e. The Labute approximate surface area is 173 Å². The minimum absolute atomic E-state index is 0.0318. The van der Waals surface area contributed by atoms with Gasteiger partial charge in [-0.1, -0.05) is 18.2 Å². The molecule has 1 aromatic heterocycles. The highest BCUT2D eigenvalue weighted by Gasteiger charge is 2.32. The first kappa shape index (κ1) is 19.8. The number of nitrogens with zero attached hydrogens (tertiary/aromatic N) is 3. The molecular formula is C23H22FN3O3. The van der Waals surface area contributed by atoms with E-state index in [4.69, 9.17) is 4.74 Å². The predicted molar refractivity (Wildman–Crippen MR) is 112 cm³/mol. The summed E-state index contributed by atoms with van der Waals surface area (Å²) in [6.45, 7) is 3.81. The standard InChI is InChI=1S/C23H22FN3O3/c1-14-6-4-5-7-18(14)27-21(28)13-20(30-3)22(25-27)23(29)26-15(2)8-9-16-12-17(24)10-11-19(16)26/h4-7,10-13,15H,8-9H2,1-3H3. The Morgan fingerprint density at radius 1 is 1.17 bits per heavy atom. The van der Waals surface area contributed by atoms with Crippen LogP contribution in [0.5, 0.6) is 5.75 Å². The van der Waals surface area contributed by atoms with Gasteiger partial charge in [0, 0.05) is 11.7 Å². The third-order valence-electron chi connectivity index (χ3n) is 5.45. The number of hydrogen-bond acceptors (Lipinski definition) is 4. The van der Waals surface area contributed by atoms with Gasteiger partial charge in [0.25, 0.3) is 11.5 Å².